The third-order valence-corrected chi connectivity index (χ3v) is 3.69. The number of methoxy groups -OCH3 is 1. The van der Waals surface area contributed by atoms with E-state index < -0.39 is 12.0 Å². The lowest BCUT2D eigenvalue weighted by atomic mass is 9.87. The molecule has 5 nitrogen and oxygen atoms in total. The summed E-state index contributed by atoms with van der Waals surface area (Å²) in [4.78, 5) is 13.0. The summed E-state index contributed by atoms with van der Waals surface area (Å²) in [5, 5.41) is 8.91. The summed E-state index contributed by atoms with van der Waals surface area (Å²) in [5.41, 5.74) is 8.38. The molecule has 1 aliphatic rings. The Bertz CT molecular complexity index is 476. The molecule has 2 atom stereocenters. The molecule has 1 aliphatic heterocycles. The number of benzene rings is 1. The third kappa shape index (κ3) is 2.88. The fourth-order valence-corrected chi connectivity index (χ4v) is 2.76. The Morgan fingerprint density at radius 1 is 1.63 bits per heavy atom. The van der Waals surface area contributed by atoms with E-state index in [0.717, 1.165) is 24.3 Å². The van der Waals surface area contributed by atoms with Crippen LogP contribution in [-0.4, -0.2) is 42.7 Å². The molecule has 0 bridgehead atoms. The maximum absolute atomic E-state index is 10.9. The Balaban J connectivity index is 2.32. The van der Waals surface area contributed by atoms with E-state index in [1.54, 1.807) is 7.11 Å². The first-order valence-electron chi connectivity index (χ1n) is 6.37. The van der Waals surface area contributed by atoms with Crippen molar-refractivity contribution in [2.45, 2.75) is 24.9 Å². The van der Waals surface area contributed by atoms with Gasteiger partial charge in [-0.15, -0.1) is 0 Å². The smallest absolute Gasteiger partial charge is 0.304 e. The molecule has 0 saturated heterocycles. The van der Waals surface area contributed by atoms with Gasteiger partial charge < -0.3 is 15.6 Å². The standard InChI is InChI=1S/C14H20N2O3/c1-16-6-5-9-7-10(19-2)3-4-11(9)14(16)12(15)8-13(17)18/h3-4,7,12,14H,5-6,8,15H2,1-2H3,(H,17,18). The van der Waals surface area contributed by atoms with Crippen LogP contribution in [0.2, 0.25) is 0 Å². The molecule has 19 heavy (non-hydrogen) atoms. The lowest BCUT2D eigenvalue weighted by Crippen LogP contribution is -2.44. The van der Waals surface area contributed by atoms with E-state index in [9.17, 15) is 4.79 Å². The molecule has 0 saturated carbocycles. The maximum atomic E-state index is 10.9. The first kappa shape index (κ1) is 13.8. The van der Waals surface area contributed by atoms with Gasteiger partial charge in [0.2, 0.25) is 0 Å². The van der Waals surface area contributed by atoms with Crippen molar-refractivity contribution < 1.29 is 14.6 Å². The van der Waals surface area contributed by atoms with Crippen molar-refractivity contribution in [3.8, 4) is 5.75 Å². The van der Waals surface area contributed by atoms with Gasteiger partial charge in [0, 0.05) is 12.6 Å². The second-order valence-corrected chi connectivity index (χ2v) is 5.00. The minimum Gasteiger partial charge on any atom is -0.497 e. The number of rotatable bonds is 4. The van der Waals surface area contributed by atoms with E-state index in [-0.39, 0.29) is 12.5 Å². The van der Waals surface area contributed by atoms with Crippen LogP contribution in [0.5, 0.6) is 5.75 Å². The molecule has 1 aromatic rings. The Morgan fingerprint density at radius 2 is 2.37 bits per heavy atom. The minimum absolute atomic E-state index is 0.0273. The molecular formula is C14H20N2O3. The predicted octanol–water partition coefficient (Wildman–Crippen LogP) is 1.03. The molecular weight excluding hydrogens is 244 g/mol. The average Bonchev–Trinajstić information content (AvgIpc) is 2.37. The van der Waals surface area contributed by atoms with Crippen molar-refractivity contribution in [2.24, 2.45) is 5.73 Å². The van der Waals surface area contributed by atoms with Crippen molar-refractivity contribution in [1.29, 1.82) is 0 Å². The first-order valence-corrected chi connectivity index (χ1v) is 6.37. The van der Waals surface area contributed by atoms with E-state index in [4.69, 9.17) is 15.6 Å². The average molecular weight is 264 g/mol. The largest absolute Gasteiger partial charge is 0.497 e. The number of carbonyl (C=O) groups is 1. The van der Waals surface area contributed by atoms with E-state index >= 15 is 0 Å². The molecule has 5 heteroatoms. The van der Waals surface area contributed by atoms with Gasteiger partial charge in [0.05, 0.1) is 19.6 Å². The third-order valence-electron chi connectivity index (χ3n) is 3.69. The van der Waals surface area contributed by atoms with Crippen LogP contribution in [0, 0.1) is 0 Å². The Hall–Kier alpha value is -1.59. The fourth-order valence-electron chi connectivity index (χ4n) is 2.76. The molecule has 0 aliphatic carbocycles. The van der Waals surface area contributed by atoms with Crippen LogP contribution in [-0.2, 0) is 11.2 Å². The fraction of sp³-hybridized carbons (Fsp3) is 0.500. The van der Waals surface area contributed by atoms with Crippen LogP contribution in [0.15, 0.2) is 18.2 Å². The quantitative estimate of drug-likeness (QED) is 0.849. The molecule has 2 rings (SSSR count). The van der Waals surface area contributed by atoms with Crippen LogP contribution in [0.25, 0.3) is 0 Å². The lowest BCUT2D eigenvalue weighted by molar-refractivity contribution is -0.137. The number of likely N-dealkylation sites (N-methyl/N-ethyl adjacent to an activating group) is 1. The highest BCUT2D eigenvalue weighted by Gasteiger charge is 2.31. The van der Waals surface area contributed by atoms with Crippen LogP contribution in [0.1, 0.15) is 23.6 Å². The van der Waals surface area contributed by atoms with Crippen molar-refractivity contribution in [1.82, 2.24) is 4.90 Å². The Kier molecular flexibility index (Phi) is 4.07. The van der Waals surface area contributed by atoms with Gasteiger partial charge in [-0.05, 0) is 36.7 Å². The predicted molar refractivity (Wildman–Crippen MR) is 72.3 cm³/mol. The Morgan fingerprint density at radius 3 is 3.00 bits per heavy atom. The molecule has 0 spiro atoms. The van der Waals surface area contributed by atoms with Crippen LogP contribution < -0.4 is 10.5 Å². The SMILES string of the molecule is COc1ccc2c(c1)CCN(C)C2C(N)CC(=O)O. The number of aliphatic carboxylic acids is 1. The van der Waals surface area contributed by atoms with Gasteiger partial charge in [-0.2, -0.15) is 0 Å². The molecule has 0 aromatic heterocycles. The first-order chi connectivity index (χ1) is 9.02. The number of fused-ring (bicyclic) bond motifs is 1. The van der Waals surface area contributed by atoms with E-state index in [2.05, 4.69) is 4.90 Å². The lowest BCUT2D eigenvalue weighted by Gasteiger charge is -2.37. The number of hydrogen-bond acceptors (Lipinski definition) is 4. The number of ether oxygens (including phenoxy) is 1. The van der Waals surface area contributed by atoms with Gasteiger partial charge in [-0.3, -0.25) is 9.69 Å². The van der Waals surface area contributed by atoms with Crippen molar-refractivity contribution in [3.63, 3.8) is 0 Å². The number of nitrogens with zero attached hydrogens (tertiary/aromatic N) is 1. The summed E-state index contributed by atoms with van der Waals surface area (Å²) in [5.74, 6) is -0.0320. The summed E-state index contributed by atoms with van der Waals surface area (Å²) < 4.78 is 5.23. The number of carboxylic acids is 1. The van der Waals surface area contributed by atoms with E-state index in [1.165, 1.54) is 5.56 Å². The maximum Gasteiger partial charge on any atom is 0.304 e. The molecule has 1 heterocycles. The molecule has 1 aromatic carbocycles. The normalized spacial score (nSPS) is 20.7. The minimum atomic E-state index is -0.860. The molecule has 2 unspecified atom stereocenters. The zero-order valence-electron chi connectivity index (χ0n) is 11.3. The van der Waals surface area contributed by atoms with Crippen LogP contribution in [0.3, 0.4) is 0 Å². The van der Waals surface area contributed by atoms with Crippen molar-refractivity contribution >= 4 is 5.97 Å². The Labute approximate surface area is 113 Å². The van der Waals surface area contributed by atoms with E-state index in [1.807, 2.05) is 25.2 Å². The zero-order valence-corrected chi connectivity index (χ0v) is 11.3. The monoisotopic (exact) mass is 264 g/mol. The highest BCUT2D eigenvalue weighted by atomic mass is 16.5. The van der Waals surface area contributed by atoms with Gasteiger partial charge in [0.25, 0.3) is 0 Å². The summed E-state index contributed by atoms with van der Waals surface area (Å²) >= 11 is 0. The molecule has 104 valence electrons. The molecule has 3 N–H and O–H groups in total. The van der Waals surface area contributed by atoms with Crippen LogP contribution in [0.4, 0.5) is 0 Å². The van der Waals surface area contributed by atoms with Crippen molar-refractivity contribution in [3.05, 3.63) is 29.3 Å². The van der Waals surface area contributed by atoms with Gasteiger partial charge >= 0.3 is 5.97 Å². The zero-order chi connectivity index (χ0) is 14.0. The topological polar surface area (TPSA) is 75.8 Å². The van der Waals surface area contributed by atoms with Gasteiger partial charge in [-0.25, -0.2) is 0 Å². The second-order valence-electron chi connectivity index (χ2n) is 5.00. The summed E-state index contributed by atoms with van der Waals surface area (Å²) in [7, 11) is 3.63. The highest BCUT2D eigenvalue weighted by molar-refractivity contribution is 5.67. The second kappa shape index (κ2) is 5.59. The number of nitrogens with two attached hydrogens (primary N) is 1. The van der Waals surface area contributed by atoms with Gasteiger partial charge in [-0.1, -0.05) is 6.07 Å². The van der Waals surface area contributed by atoms with E-state index in [0.29, 0.717) is 0 Å². The summed E-state index contributed by atoms with van der Waals surface area (Å²) in [6.07, 6.45) is 0.903. The van der Waals surface area contributed by atoms with Gasteiger partial charge in [0.15, 0.2) is 0 Å². The summed E-state index contributed by atoms with van der Waals surface area (Å²) in [6, 6.07) is 5.46. The molecule has 0 fully saturated rings. The van der Waals surface area contributed by atoms with Gasteiger partial charge in [0.1, 0.15) is 5.75 Å². The molecule has 0 radical (unpaired) electrons. The highest BCUT2D eigenvalue weighted by Crippen LogP contribution is 2.33. The molecule has 0 amide bonds. The number of carboxylic acid groups (broad SMARTS) is 1. The number of hydrogen-bond donors (Lipinski definition) is 2. The van der Waals surface area contributed by atoms with Crippen molar-refractivity contribution in [2.75, 3.05) is 20.7 Å². The van der Waals surface area contributed by atoms with Crippen LogP contribution >= 0.6 is 0 Å². The summed E-state index contributed by atoms with van der Waals surface area (Å²) in [6.45, 7) is 0.873.